The molecule has 0 aliphatic carbocycles. The number of hydrogen-bond acceptors (Lipinski definition) is 4. The number of ether oxygens (including phenoxy) is 1. The van der Waals surface area contributed by atoms with Crippen molar-refractivity contribution in [2.75, 3.05) is 7.05 Å². The molecule has 0 aliphatic rings. The molecule has 28 heavy (non-hydrogen) atoms. The second-order valence-electron chi connectivity index (χ2n) is 6.37. The van der Waals surface area contributed by atoms with Gasteiger partial charge in [0.15, 0.2) is 5.75 Å². The SMILES string of the molecule is CNC(=O)c1ccc2ccc(Oc3ccnn4cc(C(=O)O)c(C)c34)cc2c1. The van der Waals surface area contributed by atoms with E-state index in [-0.39, 0.29) is 11.5 Å². The van der Waals surface area contributed by atoms with Crippen LogP contribution in [0, 0.1) is 6.92 Å². The molecule has 0 saturated carbocycles. The molecule has 4 aromatic rings. The molecule has 0 fully saturated rings. The Hall–Kier alpha value is -3.87. The summed E-state index contributed by atoms with van der Waals surface area (Å²) in [7, 11) is 1.59. The Morgan fingerprint density at radius 3 is 2.64 bits per heavy atom. The number of aromatic nitrogens is 2. The topological polar surface area (TPSA) is 92.9 Å². The van der Waals surface area contributed by atoms with Crippen LogP contribution in [0.2, 0.25) is 0 Å². The summed E-state index contributed by atoms with van der Waals surface area (Å²) >= 11 is 0. The van der Waals surface area contributed by atoms with Gasteiger partial charge in [-0.2, -0.15) is 5.10 Å². The highest BCUT2D eigenvalue weighted by molar-refractivity contribution is 5.98. The molecule has 0 aliphatic heterocycles. The number of carbonyl (C=O) groups excluding carboxylic acids is 1. The minimum absolute atomic E-state index is 0.158. The lowest BCUT2D eigenvalue weighted by Gasteiger charge is -2.10. The van der Waals surface area contributed by atoms with E-state index < -0.39 is 5.97 Å². The number of aryl methyl sites for hydroxylation is 1. The first-order valence-corrected chi connectivity index (χ1v) is 8.62. The first kappa shape index (κ1) is 17.5. The Balaban J connectivity index is 1.77. The second kappa shape index (κ2) is 6.70. The van der Waals surface area contributed by atoms with E-state index in [4.69, 9.17) is 4.74 Å². The summed E-state index contributed by atoms with van der Waals surface area (Å²) in [5, 5.41) is 18.0. The predicted molar refractivity (Wildman–Crippen MR) is 104 cm³/mol. The van der Waals surface area contributed by atoms with E-state index in [0.717, 1.165) is 10.8 Å². The van der Waals surface area contributed by atoms with Gasteiger partial charge in [0.05, 0.1) is 11.8 Å². The Morgan fingerprint density at radius 2 is 1.89 bits per heavy atom. The maximum Gasteiger partial charge on any atom is 0.337 e. The summed E-state index contributed by atoms with van der Waals surface area (Å²) in [5.74, 6) is -0.0932. The zero-order valence-corrected chi connectivity index (χ0v) is 15.3. The molecule has 0 atom stereocenters. The molecule has 2 aromatic carbocycles. The van der Waals surface area contributed by atoms with E-state index in [1.54, 1.807) is 38.4 Å². The van der Waals surface area contributed by atoms with Gasteiger partial charge in [-0.3, -0.25) is 4.79 Å². The first-order valence-electron chi connectivity index (χ1n) is 8.62. The maximum absolute atomic E-state index is 11.9. The van der Waals surface area contributed by atoms with Crippen LogP contribution in [0.5, 0.6) is 11.5 Å². The zero-order valence-electron chi connectivity index (χ0n) is 15.3. The minimum Gasteiger partial charge on any atom is -0.478 e. The fraction of sp³-hybridized carbons (Fsp3) is 0.0952. The molecular weight excluding hydrogens is 358 g/mol. The van der Waals surface area contributed by atoms with Crippen LogP contribution in [0.4, 0.5) is 0 Å². The summed E-state index contributed by atoms with van der Waals surface area (Å²) < 4.78 is 7.54. The quantitative estimate of drug-likeness (QED) is 0.568. The van der Waals surface area contributed by atoms with Crippen LogP contribution in [0.15, 0.2) is 54.9 Å². The van der Waals surface area contributed by atoms with Crippen LogP contribution in [-0.4, -0.2) is 33.6 Å². The Bertz CT molecular complexity index is 1240. The summed E-state index contributed by atoms with van der Waals surface area (Å²) in [4.78, 5) is 23.3. The Labute approximate surface area is 160 Å². The molecule has 2 N–H and O–H groups in total. The van der Waals surface area contributed by atoms with Gasteiger partial charge in [0, 0.05) is 24.9 Å². The second-order valence-corrected chi connectivity index (χ2v) is 6.37. The molecule has 2 aromatic heterocycles. The molecule has 0 unspecified atom stereocenters. The summed E-state index contributed by atoms with van der Waals surface area (Å²) in [5.41, 5.74) is 1.92. The average molecular weight is 375 g/mol. The molecule has 4 rings (SSSR count). The summed E-state index contributed by atoms with van der Waals surface area (Å²) in [6, 6.07) is 12.7. The van der Waals surface area contributed by atoms with Gasteiger partial charge in [-0.15, -0.1) is 0 Å². The molecule has 0 radical (unpaired) electrons. The van der Waals surface area contributed by atoms with Gasteiger partial charge in [0.25, 0.3) is 5.91 Å². The molecule has 0 spiro atoms. The molecule has 7 nitrogen and oxygen atoms in total. The van der Waals surface area contributed by atoms with Crippen molar-refractivity contribution < 1.29 is 19.4 Å². The van der Waals surface area contributed by atoms with Gasteiger partial charge in [-0.05, 0) is 47.5 Å². The Kier molecular flexibility index (Phi) is 4.19. The number of nitrogens with one attached hydrogen (secondary N) is 1. The molecule has 2 heterocycles. The molecule has 1 amide bonds. The van der Waals surface area contributed by atoms with Gasteiger partial charge in [-0.1, -0.05) is 12.1 Å². The smallest absolute Gasteiger partial charge is 0.337 e. The maximum atomic E-state index is 11.9. The summed E-state index contributed by atoms with van der Waals surface area (Å²) in [6.45, 7) is 1.73. The number of benzene rings is 2. The van der Waals surface area contributed by atoms with E-state index in [0.29, 0.717) is 28.1 Å². The molecule has 7 heteroatoms. The van der Waals surface area contributed by atoms with Gasteiger partial charge >= 0.3 is 5.97 Å². The third-order valence-electron chi connectivity index (χ3n) is 4.65. The van der Waals surface area contributed by atoms with Crippen LogP contribution < -0.4 is 10.1 Å². The van der Waals surface area contributed by atoms with Crippen molar-refractivity contribution in [2.24, 2.45) is 0 Å². The van der Waals surface area contributed by atoms with Crippen LogP contribution >= 0.6 is 0 Å². The van der Waals surface area contributed by atoms with Crippen molar-refractivity contribution in [1.82, 2.24) is 14.9 Å². The van der Waals surface area contributed by atoms with Crippen LogP contribution in [-0.2, 0) is 0 Å². The number of nitrogens with zero attached hydrogens (tertiary/aromatic N) is 2. The third-order valence-corrected chi connectivity index (χ3v) is 4.65. The van der Waals surface area contributed by atoms with E-state index in [2.05, 4.69) is 10.4 Å². The number of carboxylic acids is 1. The first-order chi connectivity index (χ1) is 13.5. The number of fused-ring (bicyclic) bond motifs is 2. The fourth-order valence-corrected chi connectivity index (χ4v) is 3.22. The van der Waals surface area contributed by atoms with E-state index >= 15 is 0 Å². The lowest BCUT2D eigenvalue weighted by atomic mass is 10.1. The minimum atomic E-state index is -1.01. The molecule has 140 valence electrons. The van der Waals surface area contributed by atoms with Gasteiger partial charge in [0.1, 0.15) is 11.3 Å². The highest BCUT2D eigenvalue weighted by atomic mass is 16.5. The number of rotatable bonds is 4. The number of hydrogen-bond donors (Lipinski definition) is 2. The zero-order chi connectivity index (χ0) is 19.8. The Morgan fingerprint density at radius 1 is 1.11 bits per heavy atom. The largest absolute Gasteiger partial charge is 0.478 e. The number of amides is 1. The van der Waals surface area contributed by atoms with Crippen LogP contribution in [0.25, 0.3) is 16.3 Å². The van der Waals surface area contributed by atoms with Crippen LogP contribution in [0.1, 0.15) is 26.3 Å². The van der Waals surface area contributed by atoms with Crippen molar-refractivity contribution in [3.8, 4) is 11.5 Å². The highest BCUT2D eigenvalue weighted by Crippen LogP contribution is 2.31. The van der Waals surface area contributed by atoms with Crippen molar-refractivity contribution >= 4 is 28.2 Å². The lowest BCUT2D eigenvalue weighted by molar-refractivity contribution is 0.0696. The van der Waals surface area contributed by atoms with E-state index in [9.17, 15) is 14.7 Å². The lowest BCUT2D eigenvalue weighted by Crippen LogP contribution is -2.17. The molecule has 0 bridgehead atoms. The fourth-order valence-electron chi connectivity index (χ4n) is 3.22. The van der Waals surface area contributed by atoms with Gasteiger partial charge in [0.2, 0.25) is 0 Å². The molecular formula is C21H17N3O4. The molecule has 0 saturated heterocycles. The third kappa shape index (κ3) is 2.92. The van der Waals surface area contributed by atoms with E-state index in [1.807, 2.05) is 24.3 Å². The van der Waals surface area contributed by atoms with Crippen LogP contribution in [0.3, 0.4) is 0 Å². The van der Waals surface area contributed by atoms with Gasteiger partial charge in [-0.25, -0.2) is 9.31 Å². The number of carbonyl (C=O) groups is 2. The van der Waals surface area contributed by atoms with Crippen molar-refractivity contribution in [3.05, 3.63) is 71.5 Å². The number of aromatic carboxylic acids is 1. The van der Waals surface area contributed by atoms with Crippen molar-refractivity contribution in [2.45, 2.75) is 6.92 Å². The van der Waals surface area contributed by atoms with Gasteiger partial charge < -0.3 is 15.2 Å². The normalized spacial score (nSPS) is 10.9. The highest BCUT2D eigenvalue weighted by Gasteiger charge is 2.17. The number of carboxylic acid groups (broad SMARTS) is 1. The van der Waals surface area contributed by atoms with Crippen molar-refractivity contribution in [3.63, 3.8) is 0 Å². The summed E-state index contributed by atoms with van der Waals surface area (Å²) in [6.07, 6.45) is 3.02. The standard InChI is InChI=1S/C21H17N3O4/c1-12-17(21(26)27)11-24-19(12)18(7-8-23-24)28-16-6-5-13-3-4-14(20(25)22-2)9-15(13)10-16/h3-11H,1-2H3,(H,22,25)(H,26,27). The predicted octanol–water partition coefficient (Wildman–Crippen LogP) is 3.65. The van der Waals surface area contributed by atoms with Crippen molar-refractivity contribution in [1.29, 1.82) is 0 Å². The monoisotopic (exact) mass is 375 g/mol. The average Bonchev–Trinajstić information content (AvgIpc) is 3.04. The van der Waals surface area contributed by atoms with E-state index in [1.165, 1.54) is 10.7 Å².